The number of rotatable bonds is 4. The summed E-state index contributed by atoms with van der Waals surface area (Å²) in [5, 5.41) is 7.86. The maximum atomic E-state index is 13.0. The highest BCUT2D eigenvalue weighted by Gasteiger charge is 2.32. The number of esters is 1. The van der Waals surface area contributed by atoms with Crippen LogP contribution in [0.5, 0.6) is 0 Å². The highest BCUT2D eigenvalue weighted by molar-refractivity contribution is 7.98. The number of ether oxygens (including phenoxy) is 1. The molecule has 2 aromatic heterocycles. The van der Waals surface area contributed by atoms with E-state index in [-0.39, 0.29) is 15.8 Å². The molecule has 0 aliphatic heterocycles. The van der Waals surface area contributed by atoms with Crippen molar-refractivity contribution < 1.29 is 22.7 Å². The normalized spacial score (nSPS) is 11.7. The van der Waals surface area contributed by atoms with Crippen LogP contribution >= 0.6 is 23.4 Å². The zero-order valence-corrected chi connectivity index (χ0v) is 14.8. The summed E-state index contributed by atoms with van der Waals surface area (Å²) >= 11 is 7.06. The Balaban J connectivity index is 1.88. The molecule has 0 N–H and O–H groups in total. The van der Waals surface area contributed by atoms with Crippen molar-refractivity contribution in [2.45, 2.75) is 17.1 Å². The molecule has 136 valence electrons. The van der Waals surface area contributed by atoms with Crippen molar-refractivity contribution >= 4 is 35.0 Å². The van der Waals surface area contributed by atoms with E-state index < -0.39 is 17.7 Å². The molecule has 3 rings (SSSR count). The van der Waals surface area contributed by atoms with Crippen molar-refractivity contribution in [2.24, 2.45) is 0 Å². The van der Waals surface area contributed by atoms with E-state index in [0.29, 0.717) is 11.3 Å². The van der Waals surface area contributed by atoms with Crippen LogP contribution in [0.1, 0.15) is 21.5 Å². The van der Waals surface area contributed by atoms with Gasteiger partial charge in [0.05, 0.1) is 23.3 Å². The van der Waals surface area contributed by atoms with Crippen LogP contribution in [0.15, 0.2) is 41.7 Å². The molecule has 0 aliphatic rings. The van der Waals surface area contributed by atoms with Crippen LogP contribution in [0.25, 0.3) is 5.65 Å². The highest BCUT2D eigenvalue weighted by atomic mass is 35.5. The fraction of sp³-hybridized carbons (Fsp3) is 0.188. The Hall–Kier alpha value is -2.26. The third-order valence-electron chi connectivity index (χ3n) is 3.47. The van der Waals surface area contributed by atoms with E-state index in [2.05, 4.69) is 14.9 Å². The minimum atomic E-state index is -4.53. The zero-order valence-electron chi connectivity index (χ0n) is 13.2. The van der Waals surface area contributed by atoms with E-state index in [1.807, 2.05) is 0 Å². The van der Waals surface area contributed by atoms with Crippen LogP contribution in [0.3, 0.4) is 0 Å². The smallest absolute Gasteiger partial charge is 0.417 e. The first kappa shape index (κ1) is 18.5. The second-order valence-electron chi connectivity index (χ2n) is 5.23. The van der Waals surface area contributed by atoms with Crippen molar-refractivity contribution in [3.05, 3.63) is 58.2 Å². The van der Waals surface area contributed by atoms with Crippen molar-refractivity contribution in [1.82, 2.24) is 14.6 Å². The monoisotopic (exact) mass is 401 g/mol. The summed E-state index contributed by atoms with van der Waals surface area (Å²) in [6, 6.07) is 7.57. The fourth-order valence-corrected chi connectivity index (χ4v) is 3.34. The third kappa shape index (κ3) is 3.78. The zero-order chi connectivity index (χ0) is 18.9. The van der Waals surface area contributed by atoms with Crippen LogP contribution in [0.4, 0.5) is 13.2 Å². The van der Waals surface area contributed by atoms with Crippen molar-refractivity contribution in [3.8, 4) is 0 Å². The maximum Gasteiger partial charge on any atom is 0.417 e. The molecule has 10 heteroatoms. The first-order valence-electron chi connectivity index (χ1n) is 7.21. The largest absolute Gasteiger partial charge is 0.465 e. The van der Waals surface area contributed by atoms with Gasteiger partial charge >= 0.3 is 12.1 Å². The Labute approximate surface area is 155 Å². The minimum Gasteiger partial charge on any atom is -0.465 e. The van der Waals surface area contributed by atoms with Crippen LogP contribution in [-0.2, 0) is 16.7 Å². The first-order valence-corrected chi connectivity index (χ1v) is 8.57. The molecule has 0 unspecified atom stereocenters. The summed E-state index contributed by atoms with van der Waals surface area (Å²) in [5.41, 5.74) is 0.432. The molecule has 1 aromatic carbocycles. The second-order valence-corrected chi connectivity index (χ2v) is 6.58. The third-order valence-corrected chi connectivity index (χ3v) is 4.76. The number of thioether (sulfide) groups is 1. The number of methoxy groups -OCH3 is 1. The van der Waals surface area contributed by atoms with E-state index in [9.17, 15) is 18.0 Å². The van der Waals surface area contributed by atoms with Gasteiger partial charge in [0.25, 0.3) is 0 Å². The number of aromatic nitrogens is 3. The number of fused-ring (bicyclic) bond motifs is 1. The lowest BCUT2D eigenvalue weighted by molar-refractivity contribution is -0.137. The minimum absolute atomic E-state index is 0.133. The van der Waals surface area contributed by atoms with E-state index in [0.717, 1.165) is 17.8 Å². The first-order chi connectivity index (χ1) is 12.3. The summed E-state index contributed by atoms with van der Waals surface area (Å²) in [6.07, 6.45) is -3.62. The van der Waals surface area contributed by atoms with Gasteiger partial charge in [-0.3, -0.25) is 4.40 Å². The molecule has 0 atom stereocenters. The van der Waals surface area contributed by atoms with E-state index >= 15 is 0 Å². The Kier molecular flexibility index (Phi) is 5.10. The number of halogens is 4. The number of pyridine rings is 1. The van der Waals surface area contributed by atoms with Crippen LogP contribution in [0, 0.1) is 0 Å². The molecule has 2 heterocycles. The molecule has 0 saturated carbocycles. The van der Waals surface area contributed by atoms with Gasteiger partial charge in [0.15, 0.2) is 10.8 Å². The number of benzene rings is 1. The summed E-state index contributed by atoms with van der Waals surface area (Å²) in [6.45, 7) is 0. The number of carbonyl (C=O) groups excluding carboxylic acids is 1. The number of alkyl halides is 3. The molecular weight excluding hydrogens is 391 g/mol. The molecule has 0 aliphatic carbocycles. The predicted octanol–water partition coefficient (Wildman–Crippen LogP) is 4.48. The van der Waals surface area contributed by atoms with Gasteiger partial charge in [0, 0.05) is 11.9 Å². The molecular formula is C16H11ClF3N3O2S. The lowest BCUT2D eigenvalue weighted by Gasteiger charge is -2.09. The van der Waals surface area contributed by atoms with Crippen molar-refractivity contribution in [1.29, 1.82) is 0 Å². The van der Waals surface area contributed by atoms with Gasteiger partial charge in [-0.15, -0.1) is 10.2 Å². The molecule has 0 saturated heterocycles. The Morgan fingerprint density at radius 1 is 1.31 bits per heavy atom. The average molecular weight is 402 g/mol. The maximum absolute atomic E-state index is 13.0. The molecule has 0 fully saturated rings. The number of nitrogens with zero attached hydrogens (tertiary/aromatic N) is 3. The fourth-order valence-electron chi connectivity index (χ4n) is 2.24. The van der Waals surface area contributed by atoms with Gasteiger partial charge in [-0.2, -0.15) is 13.2 Å². The molecule has 0 spiro atoms. The molecule has 5 nitrogen and oxygen atoms in total. The van der Waals surface area contributed by atoms with Crippen LogP contribution in [0.2, 0.25) is 5.02 Å². The Morgan fingerprint density at radius 2 is 2.08 bits per heavy atom. The van der Waals surface area contributed by atoms with Gasteiger partial charge in [0.2, 0.25) is 0 Å². The highest BCUT2D eigenvalue weighted by Crippen LogP contribution is 2.33. The summed E-state index contributed by atoms with van der Waals surface area (Å²) in [7, 11) is 1.29. The van der Waals surface area contributed by atoms with E-state index in [4.69, 9.17) is 11.6 Å². The second kappa shape index (κ2) is 7.16. The van der Waals surface area contributed by atoms with Crippen LogP contribution < -0.4 is 0 Å². The number of carbonyl (C=O) groups is 1. The predicted molar refractivity (Wildman–Crippen MR) is 90.3 cm³/mol. The van der Waals surface area contributed by atoms with Gasteiger partial charge in [-0.05, 0) is 23.8 Å². The summed E-state index contributed by atoms with van der Waals surface area (Å²) in [5.74, 6) is -0.0918. The Bertz CT molecular complexity index is 975. The van der Waals surface area contributed by atoms with Crippen molar-refractivity contribution in [2.75, 3.05) is 7.11 Å². The molecule has 0 bridgehead atoms. The quantitative estimate of drug-likeness (QED) is 0.476. The van der Waals surface area contributed by atoms with Crippen molar-refractivity contribution in [3.63, 3.8) is 0 Å². The average Bonchev–Trinajstić information content (AvgIpc) is 3.02. The van der Waals surface area contributed by atoms with Gasteiger partial charge in [-0.1, -0.05) is 35.5 Å². The molecule has 0 amide bonds. The lowest BCUT2D eigenvalue weighted by atomic mass is 10.1. The molecule has 3 aromatic rings. The van der Waals surface area contributed by atoms with E-state index in [1.165, 1.54) is 23.3 Å². The summed E-state index contributed by atoms with van der Waals surface area (Å²) in [4.78, 5) is 11.6. The Morgan fingerprint density at radius 3 is 2.77 bits per heavy atom. The summed E-state index contributed by atoms with van der Waals surface area (Å²) < 4.78 is 44.8. The number of hydrogen-bond donors (Lipinski definition) is 0. The number of hydrogen-bond acceptors (Lipinski definition) is 5. The SMILES string of the molecule is COC(=O)c1cccc(CSc2nnc3c(Cl)cc(C(F)(F)F)cn23)c1. The standard InChI is InChI=1S/C16H11ClF3N3O2S/c1-25-14(24)10-4-2-3-9(5-10)8-26-15-22-21-13-12(17)6-11(7-23(13)15)16(18,19)20/h2-7H,8H2,1H3. The van der Waals surface area contributed by atoms with Gasteiger partial charge in [0.1, 0.15) is 0 Å². The molecule has 0 radical (unpaired) electrons. The van der Waals surface area contributed by atoms with E-state index in [1.54, 1.807) is 24.3 Å². The molecule has 26 heavy (non-hydrogen) atoms. The van der Waals surface area contributed by atoms with Crippen LogP contribution in [-0.4, -0.2) is 27.7 Å². The lowest BCUT2D eigenvalue weighted by Crippen LogP contribution is -2.07. The topological polar surface area (TPSA) is 56.5 Å². The van der Waals surface area contributed by atoms with Gasteiger partial charge in [-0.25, -0.2) is 4.79 Å². The van der Waals surface area contributed by atoms with Gasteiger partial charge < -0.3 is 4.74 Å².